The summed E-state index contributed by atoms with van der Waals surface area (Å²) in [6, 6.07) is 0. The molecule has 2 aromatic rings. The van der Waals surface area contributed by atoms with Gasteiger partial charge in [-0.05, 0) is 43.6 Å². The Hall–Kier alpha value is -2.46. The first kappa shape index (κ1) is 19.3. The van der Waals surface area contributed by atoms with Crippen LogP contribution in [0.1, 0.15) is 39.8 Å². The van der Waals surface area contributed by atoms with Gasteiger partial charge in [0.05, 0.1) is 23.0 Å². The highest BCUT2D eigenvalue weighted by atomic mass is 35.5. The zero-order valence-electron chi connectivity index (χ0n) is 14.7. The largest absolute Gasteiger partial charge is 0.462 e. The molecule has 9 nitrogen and oxygen atoms in total. The number of nitrogens with zero attached hydrogens (tertiary/aromatic N) is 3. The number of esters is 1. The Balaban J connectivity index is 1.82. The molecule has 1 N–H and O–H groups in total. The van der Waals surface area contributed by atoms with E-state index in [9.17, 15) is 19.7 Å². The molecule has 0 radical (unpaired) electrons. The first-order chi connectivity index (χ1) is 12.8. The van der Waals surface area contributed by atoms with Gasteiger partial charge in [0.25, 0.3) is 0 Å². The van der Waals surface area contributed by atoms with E-state index in [4.69, 9.17) is 16.3 Å². The van der Waals surface area contributed by atoms with Crippen molar-refractivity contribution < 1.29 is 19.2 Å². The van der Waals surface area contributed by atoms with Gasteiger partial charge in [0.1, 0.15) is 11.5 Å². The van der Waals surface area contributed by atoms with E-state index >= 15 is 0 Å². The lowest BCUT2D eigenvalue weighted by atomic mass is 10.1. The van der Waals surface area contributed by atoms with Crippen LogP contribution < -0.4 is 5.32 Å². The molecule has 1 amide bonds. The fraction of sp³-hybridized carbons (Fsp3) is 0.438. The summed E-state index contributed by atoms with van der Waals surface area (Å²) in [5.41, 5.74) is 1.66. The lowest BCUT2D eigenvalue weighted by Crippen LogP contribution is -2.21. The van der Waals surface area contributed by atoms with Crippen LogP contribution in [0.15, 0.2) is 0 Å². The minimum atomic E-state index is -0.702. The first-order valence-corrected chi connectivity index (χ1v) is 9.51. The molecule has 0 bridgehead atoms. The Bertz CT molecular complexity index is 936. The standard InChI is InChI=1S/C16H17ClN4O5S/c1-3-26-16(23)12-9-5-4-6-10(9)27-15(12)18-11(22)7-20-8(2)13(17)14(19-20)21(24)25/h3-7H2,1-2H3,(H,18,22). The molecule has 0 atom stereocenters. The topological polar surface area (TPSA) is 116 Å². The SMILES string of the molecule is CCOC(=O)c1c(NC(=O)Cn2nc([N+](=O)[O-])c(Cl)c2C)sc2c1CCC2. The Morgan fingerprint density at radius 3 is 2.81 bits per heavy atom. The first-order valence-electron chi connectivity index (χ1n) is 8.32. The fourth-order valence-corrected chi connectivity index (χ4v) is 4.49. The van der Waals surface area contributed by atoms with E-state index in [-0.39, 0.29) is 18.2 Å². The number of aryl methyl sites for hydroxylation is 1. The molecule has 2 heterocycles. The number of amides is 1. The van der Waals surface area contributed by atoms with Crippen molar-refractivity contribution in [3.8, 4) is 0 Å². The summed E-state index contributed by atoms with van der Waals surface area (Å²) in [6.07, 6.45) is 2.61. The molecular weight excluding hydrogens is 396 g/mol. The van der Waals surface area contributed by atoms with Gasteiger partial charge in [0.15, 0.2) is 5.02 Å². The zero-order valence-corrected chi connectivity index (χ0v) is 16.3. The number of nitro groups is 1. The Labute approximate surface area is 163 Å². The number of fused-ring (bicyclic) bond motifs is 1. The fourth-order valence-electron chi connectivity index (χ4n) is 2.99. The highest BCUT2D eigenvalue weighted by Crippen LogP contribution is 2.39. The van der Waals surface area contributed by atoms with Gasteiger partial charge in [0.2, 0.25) is 5.91 Å². The van der Waals surface area contributed by atoms with Crippen LogP contribution in [0, 0.1) is 17.0 Å². The number of hydrogen-bond donors (Lipinski definition) is 1. The molecule has 2 aromatic heterocycles. The zero-order chi connectivity index (χ0) is 19.7. The third-order valence-electron chi connectivity index (χ3n) is 4.24. The second kappa shape index (κ2) is 7.65. The van der Waals surface area contributed by atoms with Crippen molar-refractivity contribution in [1.82, 2.24) is 9.78 Å². The number of anilines is 1. The third kappa shape index (κ3) is 3.67. The number of ether oxygens (including phenoxy) is 1. The molecule has 0 fully saturated rings. The van der Waals surface area contributed by atoms with Gasteiger partial charge >= 0.3 is 11.8 Å². The lowest BCUT2D eigenvalue weighted by molar-refractivity contribution is -0.389. The number of nitrogens with one attached hydrogen (secondary N) is 1. The normalized spacial score (nSPS) is 12.7. The average molecular weight is 413 g/mol. The van der Waals surface area contributed by atoms with Crippen LogP contribution in [-0.2, 0) is 28.9 Å². The predicted molar refractivity (Wildman–Crippen MR) is 99.6 cm³/mol. The van der Waals surface area contributed by atoms with E-state index in [1.165, 1.54) is 16.0 Å². The van der Waals surface area contributed by atoms with Crippen molar-refractivity contribution in [2.24, 2.45) is 0 Å². The van der Waals surface area contributed by atoms with Crippen LogP contribution >= 0.6 is 22.9 Å². The molecule has 0 aliphatic heterocycles. The second-order valence-electron chi connectivity index (χ2n) is 5.97. The van der Waals surface area contributed by atoms with E-state index in [1.54, 1.807) is 13.8 Å². The minimum absolute atomic E-state index is 0.102. The summed E-state index contributed by atoms with van der Waals surface area (Å²) >= 11 is 7.25. The summed E-state index contributed by atoms with van der Waals surface area (Å²) < 4.78 is 6.29. The van der Waals surface area contributed by atoms with Crippen molar-refractivity contribution in [2.45, 2.75) is 39.7 Å². The van der Waals surface area contributed by atoms with Gasteiger partial charge in [-0.15, -0.1) is 11.3 Å². The molecule has 0 saturated heterocycles. The highest BCUT2D eigenvalue weighted by Gasteiger charge is 2.29. The van der Waals surface area contributed by atoms with Gasteiger partial charge in [-0.25, -0.2) is 4.79 Å². The van der Waals surface area contributed by atoms with Crippen molar-refractivity contribution in [3.63, 3.8) is 0 Å². The molecule has 27 heavy (non-hydrogen) atoms. The Morgan fingerprint density at radius 2 is 2.19 bits per heavy atom. The number of aromatic nitrogens is 2. The molecule has 3 rings (SSSR count). The third-order valence-corrected chi connectivity index (χ3v) is 5.89. The maximum atomic E-state index is 12.5. The number of hydrogen-bond acceptors (Lipinski definition) is 7. The molecule has 0 aromatic carbocycles. The lowest BCUT2D eigenvalue weighted by Gasteiger charge is -2.07. The van der Waals surface area contributed by atoms with Gasteiger partial charge in [0, 0.05) is 4.88 Å². The van der Waals surface area contributed by atoms with Crippen LogP contribution in [0.2, 0.25) is 5.02 Å². The van der Waals surface area contributed by atoms with Crippen molar-refractivity contribution in [2.75, 3.05) is 11.9 Å². The number of carbonyl (C=O) groups excluding carboxylic acids is 2. The molecule has 0 saturated carbocycles. The quantitative estimate of drug-likeness (QED) is 0.442. The van der Waals surface area contributed by atoms with Gasteiger partial charge in [-0.2, -0.15) is 4.68 Å². The number of rotatable bonds is 6. The Kier molecular flexibility index (Phi) is 5.47. The molecule has 1 aliphatic carbocycles. The van der Waals surface area contributed by atoms with Crippen LogP contribution in [0.25, 0.3) is 0 Å². The van der Waals surface area contributed by atoms with Crippen LogP contribution in [0.4, 0.5) is 10.8 Å². The Morgan fingerprint density at radius 1 is 1.44 bits per heavy atom. The van der Waals surface area contributed by atoms with Crippen molar-refractivity contribution in [3.05, 3.63) is 36.8 Å². The van der Waals surface area contributed by atoms with Crippen LogP contribution in [0.5, 0.6) is 0 Å². The second-order valence-corrected chi connectivity index (χ2v) is 7.45. The number of halogens is 1. The van der Waals surface area contributed by atoms with E-state index in [0.717, 1.165) is 29.7 Å². The smallest absolute Gasteiger partial charge is 0.408 e. The van der Waals surface area contributed by atoms with E-state index in [1.807, 2.05) is 0 Å². The van der Waals surface area contributed by atoms with Crippen LogP contribution in [-0.4, -0.2) is 33.2 Å². The van der Waals surface area contributed by atoms with Crippen molar-refractivity contribution in [1.29, 1.82) is 0 Å². The predicted octanol–water partition coefficient (Wildman–Crippen LogP) is 3.12. The van der Waals surface area contributed by atoms with E-state index in [2.05, 4.69) is 10.4 Å². The summed E-state index contributed by atoms with van der Waals surface area (Å²) in [6.45, 7) is 3.24. The summed E-state index contributed by atoms with van der Waals surface area (Å²) in [4.78, 5) is 36.1. The van der Waals surface area contributed by atoms with Gasteiger partial charge in [-0.1, -0.05) is 11.6 Å². The summed E-state index contributed by atoms with van der Waals surface area (Å²) in [5, 5.41) is 17.7. The molecule has 0 spiro atoms. The van der Waals surface area contributed by atoms with E-state index < -0.39 is 22.6 Å². The molecular formula is C16H17ClN4O5S. The molecule has 144 valence electrons. The maximum absolute atomic E-state index is 12.5. The summed E-state index contributed by atoms with van der Waals surface area (Å²) in [7, 11) is 0. The molecule has 11 heteroatoms. The average Bonchev–Trinajstić information content (AvgIpc) is 3.24. The van der Waals surface area contributed by atoms with Crippen LogP contribution in [0.3, 0.4) is 0 Å². The minimum Gasteiger partial charge on any atom is -0.462 e. The van der Waals surface area contributed by atoms with Gasteiger partial charge < -0.3 is 20.2 Å². The monoisotopic (exact) mass is 412 g/mol. The van der Waals surface area contributed by atoms with E-state index in [0.29, 0.717) is 16.3 Å². The number of thiophene rings is 1. The van der Waals surface area contributed by atoms with Crippen molar-refractivity contribution >= 4 is 45.6 Å². The molecule has 0 unspecified atom stereocenters. The summed E-state index contributed by atoms with van der Waals surface area (Å²) in [5.74, 6) is -1.41. The number of carbonyl (C=O) groups is 2. The highest BCUT2D eigenvalue weighted by molar-refractivity contribution is 7.17. The van der Waals surface area contributed by atoms with Gasteiger partial charge in [-0.3, -0.25) is 4.79 Å². The molecule has 1 aliphatic rings. The maximum Gasteiger partial charge on any atom is 0.408 e.